The van der Waals surface area contributed by atoms with Crippen LogP contribution in [0.4, 0.5) is 0 Å². The summed E-state index contributed by atoms with van der Waals surface area (Å²) >= 11 is 0. The van der Waals surface area contributed by atoms with Crippen molar-refractivity contribution < 1.29 is 19.7 Å². The van der Waals surface area contributed by atoms with Crippen LogP contribution in [0.3, 0.4) is 0 Å². The highest BCUT2D eigenvalue weighted by molar-refractivity contribution is 5.98. The van der Waals surface area contributed by atoms with Crippen molar-refractivity contribution in [1.29, 1.82) is 0 Å². The van der Waals surface area contributed by atoms with E-state index in [-0.39, 0.29) is 12.4 Å². The van der Waals surface area contributed by atoms with E-state index >= 15 is 0 Å². The first-order valence-electron chi connectivity index (χ1n) is 11.2. The van der Waals surface area contributed by atoms with Gasteiger partial charge in [0.15, 0.2) is 5.78 Å². The van der Waals surface area contributed by atoms with E-state index in [9.17, 15) is 15.0 Å². The minimum atomic E-state index is -1.68. The summed E-state index contributed by atoms with van der Waals surface area (Å²) in [4.78, 5) is 12.7. The van der Waals surface area contributed by atoms with Gasteiger partial charge in [-0.15, -0.1) is 0 Å². The molecule has 1 aliphatic carbocycles. The number of hydrogen-bond donors (Lipinski definition) is 2. The van der Waals surface area contributed by atoms with Crippen LogP contribution in [-0.2, 0) is 15.1 Å². The molecule has 3 aromatic rings. The van der Waals surface area contributed by atoms with Gasteiger partial charge in [0.1, 0.15) is 11.2 Å². The quantitative estimate of drug-likeness (QED) is 0.368. The number of carbonyl (C=O) groups excluding carboxylic acids is 1. The van der Waals surface area contributed by atoms with E-state index in [1.807, 2.05) is 91.0 Å². The molecule has 34 heavy (non-hydrogen) atoms. The van der Waals surface area contributed by atoms with Crippen molar-refractivity contribution in [2.24, 2.45) is 5.92 Å². The summed E-state index contributed by atoms with van der Waals surface area (Å²) in [6.45, 7) is 3.24. The molecule has 0 fully saturated rings. The Balaban J connectivity index is 1.84. The fraction of sp³-hybridized carbons (Fsp3) is 0.167. The van der Waals surface area contributed by atoms with Crippen LogP contribution < -0.4 is 0 Å². The molecule has 0 amide bonds. The first-order valence-corrected chi connectivity index (χ1v) is 11.2. The number of hydrogen-bond acceptors (Lipinski definition) is 4. The standard InChI is InChI=1S/C30H28O4/c1-2-12-23(28-27(32)19-20-29(28,33)22-31)21-34-30(24-13-6-3-7-14-24,25-15-8-4-9-16-25)26-17-10-5-11-18-26/h2-20,28,31,33H,1,21-22H2/b23-12-/t28-,29+/m0/s1. The topological polar surface area (TPSA) is 66.8 Å². The minimum Gasteiger partial charge on any atom is -0.393 e. The highest BCUT2D eigenvalue weighted by Gasteiger charge is 2.46. The second-order valence-corrected chi connectivity index (χ2v) is 8.36. The van der Waals surface area contributed by atoms with Crippen molar-refractivity contribution in [2.45, 2.75) is 11.2 Å². The summed E-state index contributed by atoms with van der Waals surface area (Å²) in [5, 5.41) is 20.8. The number of ketones is 1. The van der Waals surface area contributed by atoms with Crippen LogP contribution in [0.25, 0.3) is 0 Å². The van der Waals surface area contributed by atoms with E-state index < -0.39 is 23.7 Å². The molecule has 0 saturated heterocycles. The van der Waals surface area contributed by atoms with E-state index in [0.29, 0.717) is 5.57 Å². The van der Waals surface area contributed by atoms with Gasteiger partial charge < -0.3 is 14.9 Å². The number of benzene rings is 3. The number of aliphatic hydroxyl groups excluding tert-OH is 1. The zero-order valence-corrected chi connectivity index (χ0v) is 18.9. The van der Waals surface area contributed by atoms with E-state index in [1.165, 1.54) is 12.2 Å². The largest absolute Gasteiger partial charge is 0.393 e. The Bertz CT molecular complexity index is 1090. The van der Waals surface area contributed by atoms with Crippen LogP contribution in [0.15, 0.2) is 127 Å². The predicted octanol–water partition coefficient (Wildman–Crippen LogP) is 4.59. The van der Waals surface area contributed by atoms with Crippen molar-refractivity contribution in [1.82, 2.24) is 0 Å². The van der Waals surface area contributed by atoms with Gasteiger partial charge in [0.25, 0.3) is 0 Å². The van der Waals surface area contributed by atoms with Crippen molar-refractivity contribution in [3.05, 3.63) is 144 Å². The Morgan fingerprint density at radius 1 is 0.912 bits per heavy atom. The van der Waals surface area contributed by atoms with Gasteiger partial charge in [-0.1, -0.05) is 110 Å². The Morgan fingerprint density at radius 2 is 1.38 bits per heavy atom. The third kappa shape index (κ3) is 4.31. The number of ether oxygens (including phenoxy) is 1. The van der Waals surface area contributed by atoms with Gasteiger partial charge in [-0.2, -0.15) is 0 Å². The summed E-state index contributed by atoms with van der Waals surface area (Å²) in [6, 6.07) is 29.8. The zero-order valence-electron chi connectivity index (χ0n) is 18.9. The summed E-state index contributed by atoms with van der Waals surface area (Å²) in [7, 11) is 0. The second-order valence-electron chi connectivity index (χ2n) is 8.36. The van der Waals surface area contributed by atoms with Gasteiger partial charge in [-0.05, 0) is 34.4 Å². The van der Waals surface area contributed by atoms with Gasteiger partial charge in [0, 0.05) is 0 Å². The lowest BCUT2D eigenvalue weighted by Crippen LogP contribution is -2.42. The van der Waals surface area contributed by atoms with Crippen LogP contribution in [0.5, 0.6) is 0 Å². The third-order valence-corrected chi connectivity index (χ3v) is 6.27. The second kappa shape index (κ2) is 10.1. The maximum Gasteiger partial charge on any atom is 0.166 e. The number of carbonyl (C=O) groups is 1. The first kappa shape index (κ1) is 23.6. The fourth-order valence-electron chi connectivity index (χ4n) is 4.65. The van der Waals surface area contributed by atoms with Gasteiger partial charge in [0.2, 0.25) is 0 Å². The van der Waals surface area contributed by atoms with E-state index in [2.05, 4.69) is 6.58 Å². The molecule has 0 radical (unpaired) electrons. The van der Waals surface area contributed by atoms with Crippen molar-refractivity contribution in [3.8, 4) is 0 Å². The lowest BCUT2D eigenvalue weighted by molar-refractivity contribution is -0.123. The van der Waals surface area contributed by atoms with Gasteiger partial charge >= 0.3 is 0 Å². The summed E-state index contributed by atoms with van der Waals surface area (Å²) in [6.07, 6.45) is 5.92. The molecule has 0 unspecified atom stereocenters. The molecule has 4 nitrogen and oxygen atoms in total. The molecule has 2 atom stereocenters. The highest BCUT2D eigenvalue weighted by Crippen LogP contribution is 2.42. The summed E-state index contributed by atoms with van der Waals surface area (Å²) in [5.41, 5.74) is 0.672. The molecule has 0 saturated carbocycles. The monoisotopic (exact) mass is 452 g/mol. The maximum atomic E-state index is 12.7. The molecule has 0 bridgehead atoms. The SMILES string of the molecule is C=C/C=C(/COC(c1ccccc1)(c1ccccc1)c1ccccc1)[C@H]1C(=O)C=C[C@@]1(O)CO. The molecule has 4 heteroatoms. The molecule has 3 aromatic carbocycles. The van der Waals surface area contributed by atoms with Crippen LogP contribution in [-0.4, -0.2) is 34.8 Å². The molecule has 4 rings (SSSR count). The molecule has 0 aliphatic heterocycles. The molecule has 0 aromatic heterocycles. The van der Waals surface area contributed by atoms with Crippen LogP contribution in [0.1, 0.15) is 16.7 Å². The lowest BCUT2D eigenvalue weighted by atomic mass is 9.79. The molecule has 0 spiro atoms. The lowest BCUT2D eigenvalue weighted by Gasteiger charge is -2.37. The average Bonchev–Trinajstić information content (AvgIpc) is 3.20. The number of allylic oxidation sites excluding steroid dienone is 3. The van der Waals surface area contributed by atoms with Crippen LogP contribution >= 0.6 is 0 Å². The Morgan fingerprint density at radius 3 is 1.79 bits per heavy atom. The molecular weight excluding hydrogens is 424 g/mol. The minimum absolute atomic E-state index is 0.0328. The molecule has 1 aliphatic rings. The van der Waals surface area contributed by atoms with Crippen LogP contribution in [0.2, 0.25) is 0 Å². The van der Waals surface area contributed by atoms with Crippen molar-refractivity contribution >= 4 is 5.78 Å². The number of rotatable bonds is 9. The Hall–Kier alpha value is -3.57. The van der Waals surface area contributed by atoms with Gasteiger partial charge in [-0.25, -0.2) is 0 Å². The molecule has 172 valence electrons. The normalized spacial score (nSPS) is 20.5. The average molecular weight is 453 g/mol. The summed E-state index contributed by atoms with van der Waals surface area (Å²) < 4.78 is 6.81. The molecule has 0 heterocycles. The maximum absolute atomic E-state index is 12.7. The van der Waals surface area contributed by atoms with E-state index in [1.54, 1.807) is 12.2 Å². The smallest absolute Gasteiger partial charge is 0.166 e. The van der Waals surface area contributed by atoms with Crippen LogP contribution in [0, 0.1) is 5.92 Å². The van der Waals surface area contributed by atoms with Gasteiger partial charge in [0.05, 0.1) is 19.1 Å². The predicted molar refractivity (Wildman–Crippen MR) is 133 cm³/mol. The van der Waals surface area contributed by atoms with Crippen molar-refractivity contribution in [2.75, 3.05) is 13.2 Å². The summed E-state index contributed by atoms with van der Waals surface area (Å²) in [5.74, 6) is -1.23. The van der Waals surface area contributed by atoms with Gasteiger partial charge in [-0.3, -0.25) is 4.79 Å². The zero-order chi connectivity index (χ0) is 24.0. The Kier molecular flexibility index (Phi) is 7.03. The first-order chi connectivity index (χ1) is 16.5. The number of aliphatic hydroxyl groups is 2. The van der Waals surface area contributed by atoms with E-state index in [4.69, 9.17) is 4.74 Å². The van der Waals surface area contributed by atoms with Crippen molar-refractivity contribution in [3.63, 3.8) is 0 Å². The fourth-order valence-corrected chi connectivity index (χ4v) is 4.65. The highest BCUT2D eigenvalue weighted by atomic mass is 16.5. The van der Waals surface area contributed by atoms with E-state index in [0.717, 1.165) is 16.7 Å². The molecule has 2 N–H and O–H groups in total. The Labute approximate surface area is 200 Å². The third-order valence-electron chi connectivity index (χ3n) is 6.27. The molecular formula is C30H28O4.